The lowest BCUT2D eigenvalue weighted by molar-refractivity contribution is 0.0697. The molecule has 1 aliphatic heterocycles. The Morgan fingerprint density at radius 3 is 2.59 bits per heavy atom. The largest absolute Gasteiger partial charge is 0.439 e. The molecule has 2 heterocycles. The molecular formula is C24H25N3O2. The van der Waals surface area contributed by atoms with Crippen LogP contribution in [0.25, 0.3) is 11.4 Å². The molecule has 0 spiro atoms. The predicted octanol–water partition coefficient (Wildman–Crippen LogP) is 5.12. The minimum atomic E-state index is 0.0605. The van der Waals surface area contributed by atoms with Crippen molar-refractivity contribution in [1.82, 2.24) is 14.9 Å². The number of aromatic nitrogens is 2. The summed E-state index contributed by atoms with van der Waals surface area (Å²) < 4.78 is 5.94. The van der Waals surface area contributed by atoms with Crippen LogP contribution in [0.2, 0.25) is 0 Å². The number of likely N-dealkylation sites (tertiary alicyclic amines) is 1. The Labute approximate surface area is 171 Å². The molecule has 3 aromatic rings. The predicted molar refractivity (Wildman–Crippen MR) is 113 cm³/mol. The van der Waals surface area contributed by atoms with E-state index in [9.17, 15) is 4.79 Å². The summed E-state index contributed by atoms with van der Waals surface area (Å²) in [4.78, 5) is 23.6. The highest BCUT2D eigenvalue weighted by atomic mass is 16.5. The summed E-state index contributed by atoms with van der Waals surface area (Å²) in [5, 5.41) is 0. The summed E-state index contributed by atoms with van der Waals surface area (Å²) in [7, 11) is 0. The van der Waals surface area contributed by atoms with E-state index >= 15 is 0 Å². The summed E-state index contributed by atoms with van der Waals surface area (Å²) in [6.07, 6.45) is 3.80. The average molecular weight is 387 g/mol. The maximum Gasteiger partial charge on any atom is 0.253 e. The number of nitrogens with zero attached hydrogens (tertiary/aromatic N) is 3. The standard InChI is InChI=1S/C24H25N3O2/c1-17-6-8-19(9-7-17)23-25-13-10-22(26-23)29-21-5-3-4-20(16-21)24(28)27-14-11-18(2)12-15-27/h3-10,13,16,18H,11-12,14-15H2,1-2H3. The Balaban J connectivity index is 1.50. The van der Waals surface area contributed by atoms with E-state index in [0.717, 1.165) is 31.5 Å². The first kappa shape index (κ1) is 19.1. The van der Waals surface area contributed by atoms with Crippen molar-refractivity contribution in [3.63, 3.8) is 0 Å². The quantitative estimate of drug-likeness (QED) is 0.624. The van der Waals surface area contributed by atoms with Gasteiger partial charge in [0.2, 0.25) is 5.88 Å². The number of amides is 1. The highest BCUT2D eigenvalue weighted by molar-refractivity contribution is 5.94. The van der Waals surface area contributed by atoms with E-state index in [0.29, 0.717) is 28.9 Å². The van der Waals surface area contributed by atoms with E-state index in [1.807, 2.05) is 54.3 Å². The van der Waals surface area contributed by atoms with Gasteiger partial charge in [0.05, 0.1) is 0 Å². The van der Waals surface area contributed by atoms with Crippen LogP contribution >= 0.6 is 0 Å². The molecule has 2 aromatic carbocycles. The summed E-state index contributed by atoms with van der Waals surface area (Å²) in [5.41, 5.74) is 2.76. The number of ether oxygens (including phenoxy) is 1. The average Bonchev–Trinajstić information content (AvgIpc) is 2.75. The third-order valence-corrected chi connectivity index (χ3v) is 5.31. The first-order chi connectivity index (χ1) is 14.1. The smallest absolute Gasteiger partial charge is 0.253 e. The lowest BCUT2D eigenvalue weighted by Gasteiger charge is -2.30. The van der Waals surface area contributed by atoms with Gasteiger partial charge in [0.25, 0.3) is 5.91 Å². The molecule has 0 unspecified atom stereocenters. The highest BCUT2D eigenvalue weighted by Crippen LogP contribution is 2.25. The number of hydrogen-bond donors (Lipinski definition) is 0. The zero-order chi connectivity index (χ0) is 20.2. The van der Waals surface area contributed by atoms with E-state index in [1.54, 1.807) is 18.3 Å². The number of aryl methyl sites for hydroxylation is 1. The second kappa shape index (κ2) is 8.43. The fraction of sp³-hybridized carbons (Fsp3) is 0.292. The SMILES string of the molecule is Cc1ccc(-c2nccc(Oc3cccc(C(=O)N4CCC(C)CC4)c3)n2)cc1. The van der Waals surface area contributed by atoms with Crippen molar-refractivity contribution in [2.45, 2.75) is 26.7 Å². The van der Waals surface area contributed by atoms with Crippen LogP contribution < -0.4 is 4.74 Å². The molecule has 1 saturated heterocycles. The molecule has 0 bridgehead atoms. The maximum atomic E-state index is 12.8. The molecule has 0 radical (unpaired) electrons. The van der Waals surface area contributed by atoms with Crippen LogP contribution in [-0.4, -0.2) is 33.9 Å². The van der Waals surface area contributed by atoms with E-state index in [1.165, 1.54) is 5.56 Å². The van der Waals surface area contributed by atoms with Gasteiger partial charge in [0.15, 0.2) is 5.82 Å². The summed E-state index contributed by atoms with van der Waals surface area (Å²) in [6.45, 7) is 5.92. The normalized spacial score (nSPS) is 14.6. The van der Waals surface area contributed by atoms with Gasteiger partial charge in [-0.1, -0.05) is 42.8 Å². The molecule has 0 aliphatic carbocycles. The van der Waals surface area contributed by atoms with Crippen LogP contribution in [0.15, 0.2) is 60.8 Å². The molecule has 1 amide bonds. The van der Waals surface area contributed by atoms with Crippen molar-refractivity contribution in [1.29, 1.82) is 0 Å². The minimum absolute atomic E-state index is 0.0605. The van der Waals surface area contributed by atoms with Crippen molar-refractivity contribution < 1.29 is 9.53 Å². The van der Waals surface area contributed by atoms with Gasteiger partial charge in [-0.15, -0.1) is 0 Å². The number of carbonyl (C=O) groups excluding carboxylic acids is 1. The van der Waals surface area contributed by atoms with Gasteiger partial charge in [0.1, 0.15) is 5.75 Å². The van der Waals surface area contributed by atoms with Crippen molar-refractivity contribution >= 4 is 5.91 Å². The van der Waals surface area contributed by atoms with Gasteiger partial charge in [-0.25, -0.2) is 4.98 Å². The van der Waals surface area contributed by atoms with E-state index in [4.69, 9.17) is 4.74 Å². The van der Waals surface area contributed by atoms with Crippen LogP contribution in [-0.2, 0) is 0 Å². The Bertz CT molecular complexity index is 993. The number of carbonyl (C=O) groups is 1. The monoisotopic (exact) mass is 387 g/mol. The zero-order valence-corrected chi connectivity index (χ0v) is 16.8. The van der Waals surface area contributed by atoms with Crippen LogP contribution in [0.4, 0.5) is 0 Å². The van der Waals surface area contributed by atoms with E-state index < -0.39 is 0 Å². The van der Waals surface area contributed by atoms with Crippen LogP contribution in [0.1, 0.15) is 35.7 Å². The first-order valence-corrected chi connectivity index (χ1v) is 10.1. The highest BCUT2D eigenvalue weighted by Gasteiger charge is 2.21. The molecule has 5 nitrogen and oxygen atoms in total. The molecule has 0 saturated carbocycles. The molecule has 4 rings (SSSR count). The van der Waals surface area contributed by atoms with E-state index in [2.05, 4.69) is 16.9 Å². The van der Waals surface area contributed by atoms with Crippen molar-refractivity contribution in [3.8, 4) is 23.0 Å². The fourth-order valence-corrected chi connectivity index (χ4v) is 3.45. The van der Waals surface area contributed by atoms with Crippen LogP contribution in [0, 0.1) is 12.8 Å². The Morgan fingerprint density at radius 1 is 1.07 bits per heavy atom. The molecule has 5 heteroatoms. The topological polar surface area (TPSA) is 55.3 Å². The summed E-state index contributed by atoms with van der Waals surface area (Å²) in [6, 6.07) is 17.1. The molecule has 1 aromatic heterocycles. The van der Waals surface area contributed by atoms with Crippen LogP contribution in [0.5, 0.6) is 11.6 Å². The summed E-state index contributed by atoms with van der Waals surface area (Å²) >= 11 is 0. The number of benzene rings is 2. The molecule has 1 fully saturated rings. The molecule has 148 valence electrons. The first-order valence-electron chi connectivity index (χ1n) is 10.1. The van der Waals surface area contributed by atoms with Gasteiger partial charge >= 0.3 is 0 Å². The van der Waals surface area contributed by atoms with Gasteiger partial charge in [-0.3, -0.25) is 4.79 Å². The van der Waals surface area contributed by atoms with Crippen molar-refractivity contribution in [2.24, 2.45) is 5.92 Å². The summed E-state index contributed by atoms with van der Waals surface area (Å²) in [5.74, 6) is 2.40. The Hall–Kier alpha value is -3.21. The second-order valence-electron chi connectivity index (χ2n) is 7.69. The molecule has 29 heavy (non-hydrogen) atoms. The molecule has 1 aliphatic rings. The van der Waals surface area contributed by atoms with Gasteiger partial charge in [0, 0.05) is 36.5 Å². The zero-order valence-electron chi connectivity index (χ0n) is 16.8. The lowest BCUT2D eigenvalue weighted by atomic mass is 9.98. The molecular weight excluding hydrogens is 362 g/mol. The van der Waals surface area contributed by atoms with E-state index in [-0.39, 0.29) is 5.91 Å². The van der Waals surface area contributed by atoms with Crippen molar-refractivity contribution in [3.05, 3.63) is 71.9 Å². The lowest BCUT2D eigenvalue weighted by Crippen LogP contribution is -2.37. The van der Waals surface area contributed by atoms with Gasteiger partial charge in [-0.2, -0.15) is 4.98 Å². The minimum Gasteiger partial charge on any atom is -0.439 e. The Kier molecular flexibility index (Phi) is 5.56. The van der Waals surface area contributed by atoms with Gasteiger partial charge < -0.3 is 9.64 Å². The fourth-order valence-electron chi connectivity index (χ4n) is 3.45. The number of hydrogen-bond acceptors (Lipinski definition) is 4. The Morgan fingerprint density at radius 2 is 1.83 bits per heavy atom. The molecule has 0 atom stereocenters. The number of rotatable bonds is 4. The van der Waals surface area contributed by atoms with Crippen molar-refractivity contribution in [2.75, 3.05) is 13.1 Å². The number of piperidine rings is 1. The third-order valence-electron chi connectivity index (χ3n) is 5.31. The van der Waals surface area contributed by atoms with Crippen LogP contribution in [0.3, 0.4) is 0 Å². The maximum absolute atomic E-state index is 12.8. The van der Waals surface area contributed by atoms with Gasteiger partial charge in [-0.05, 0) is 43.9 Å². The molecule has 0 N–H and O–H groups in total. The third kappa shape index (κ3) is 4.62. The second-order valence-corrected chi connectivity index (χ2v) is 7.69.